The predicted molar refractivity (Wildman–Crippen MR) is 276 cm³/mol. The molecule has 0 unspecified atom stereocenters. The van der Waals surface area contributed by atoms with Crippen molar-refractivity contribution in [2.45, 2.75) is 160 Å². The van der Waals surface area contributed by atoms with E-state index in [4.69, 9.17) is 0 Å². The van der Waals surface area contributed by atoms with Crippen molar-refractivity contribution in [3.8, 4) is 22.3 Å². The maximum atomic E-state index is 2.68. The zero-order valence-electron chi connectivity index (χ0n) is 41.6. The Kier molecular flexibility index (Phi) is 11.6. The third kappa shape index (κ3) is 8.24. The van der Waals surface area contributed by atoms with Crippen molar-refractivity contribution in [1.82, 2.24) is 0 Å². The molecule has 1 heterocycles. The van der Waals surface area contributed by atoms with Crippen molar-refractivity contribution in [1.29, 1.82) is 0 Å². The molecule has 328 valence electrons. The number of allylic oxidation sites excluding steroid dienone is 6. The van der Waals surface area contributed by atoms with E-state index in [2.05, 4.69) is 206 Å². The third-order valence-electron chi connectivity index (χ3n) is 15.5. The highest BCUT2D eigenvalue weighted by atomic mass is 15.2. The molecule has 0 aromatic heterocycles. The van der Waals surface area contributed by atoms with Gasteiger partial charge in [0.05, 0.1) is 0 Å². The first kappa shape index (κ1) is 44.7. The smallest absolute Gasteiger partial charge is 0.0487 e. The molecule has 1 nitrogen and oxygen atoms in total. The zero-order valence-corrected chi connectivity index (χ0v) is 41.6. The second kappa shape index (κ2) is 16.3. The molecule has 0 saturated heterocycles. The van der Waals surface area contributed by atoms with E-state index in [9.17, 15) is 0 Å². The van der Waals surface area contributed by atoms with Crippen LogP contribution in [0.5, 0.6) is 0 Å². The van der Waals surface area contributed by atoms with Gasteiger partial charge in [-0.1, -0.05) is 129 Å². The molecule has 0 spiro atoms. The fourth-order valence-electron chi connectivity index (χ4n) is 11.3. The fourth-order valence-corrected chi connectivity index (χ4v) is 11.3. The van der Waals surface area contributed by atoms with E-state index in [1.807, 2.05) is 0 Å². The van der Waals surface area contributed by atoms with Gasteiger partial charge in [0.25, 0.3) is 0 Å². The van der Waals surface area contributed by atoms with Crippen LogP contribution in [0.2, 0.25) is 0 Å². The summed E-state index contributed by atoms with van der Waals surface area (Å²) in [4.78, 5) is 2.67. The number of fused-ring (bicyclic) bond motifs is 6. The third-order valence-corrected chi connectivity index (χ3v) is 15.5. The molecule has 3 aliphatic rings. The normalized spacial score (nSPS) is 20.2. The lowest BCUT2D eigenvalue weighted by Crippen LogP contribution is -2.34. The molecule has 5 aromatic rings. The molecule has 1 heteroatoms. The minimum atomic E-state index is 0.0524. The molecular formula is C62H75N. The molecule has 0 N–H and O–H groups in total. The summed E-state index contributed by atoms with van der Waals surface area (Å²) in [5.41, 5.74) is 24.6. The van der Waals surface area contributed by atoms with Crippen molar-refractivity contribution in [2.24, 2.45) is 10.8 Å². The Morgan fingerprint density at radius 2 is 1.24 bits per heavy atom. The van der Waals surface area contributed by atoms with Gasteiger partial charge in [0.2, 0.25) is 0 Å². The number of rotatable bonds is 8. The molecule has 1 aliphatic heterocycles. The van der Waals surface area contributed by atoms with Crippen molar-refractivity contribution < 1.29 is 0 Å². The summed E-state index contributed by atoms with van der Waals surface area (Å²) in [5.74, 6) is 0. The molecular weight excluding hydrogens is 759 g/mol. The van der Waals surface area contributed by atoms with E-state index in [0.29, 0.717) is 0 Å². The predicted octanol–water partition coefficient (Wildman–Crippen LogP) is 18.0. The van der Waals surface area contributed by atoms with E-state index in [1.165, 1.54) is 131 Å². The molecule has 2 bridgehead atoms. The molecule has 0 saturated carbocycles. The topological polar surface area (TPSA) is 3.24 Å². The molecule has 63 heavy (non-hydrogen) atoms. The van der Waals surface area contributed by atoms with Gasteiger partial charge in [-0.3, -0.25) is 0 Å². The van der Waals surface area contributed by atoms with Crippen LogP contribution in [0.25, 0.3) is 38.6 Å². The minimum absolute atomic E-state index is 0.0524. The quantitative estimate of drug-likeness (QED) is 0.141. The highest BCUT2D eigenvalue weighted by Gasteiger charge is 2.39. The first-order valence-electron chi connectivity index (χ1n) is 24.2. The monoisotopic (exact) mass is 834 g/mol. The summed E-state index contributed by atoms with van der Waals surface area (Å²) in [6.45, 7) is 35.8. The lowest BCUT2D eigenvalue weighted by atomic mass is 9.62. The molecule has 0 radical (unpaired) electrons. The molecule has 0 fully saturated rings. The van der Waals surface area contributed by atoms with Gasteiger partial charge in [0.15, 0.2) is 0 Å². The van der Waals surface area contributed by atoms with Crippen molar-refractivity contribution in [3.05, 3.63) is 164 Å². The van der Waals surface area contributed by atoms with Gasteiger partial charge in [-0.2, -0.15) is 0 Å². The van der Waals surface area contributed by atoms with Gasteiger partial charge < -0.3 is 4.90 Å². The van der Waals surface area contributed by atoms with Crippen LogP contribution in [0.4, 0.5) is 5.69 Å². The minimum Gasteiger partial charge on any atom is -0.314 e. The average Bonchev–Trinajstić information content (AvgIpc) is 3.22. The van der Waals surface area contributed by atoms with Gasteiger partial charge in [-0.25, -0.2) is 0 Å². The summed E-state index contributed by atoms with van der Waals surface area (Å²) >= 11 is 0. The number of nitrogens with zero attached hydrogens (tertiary/aromatic N) is 1. The number of benzene rings is 5. The van der Waals surface area contributed by atoms with Crippen LogP contribution in [0.1, 0.15) is 166 Å². The van der Waals surface area contributed by atoms with E-state index < -0.39 is 0 Å². The van der Waals surface area contributed by atoms with Crippen LogP contribution >= 0.6 is 0 Å². The Labute approximate surface area is 382 Å². The van der Waals surface area contributed by atoms with Crippen LogP contribution in [0.3, 0.4) is 0 Å². The van der Waals surface area contributed by atoms with Gasteiger partial charge >= 0.3 is 0 Å². The maximum absolute atomic E-state index is 2.68. The first-order valence-corrected chi connectivity index (χ1v) is 24.2. The lowest BCUT2D eigenvalue weighted by molar-refractivity contribution is 0.286. The van der Waals surface area contributed by atoms with Gasteiger partial charge in [0.1, 0.15) is 0 Å². The van der Waals surface area contributed by atoms with Gasteiger partial charge in [-0.05, 0) is 227 Å². The molecule has 0 atom stereocenters. The summed E-state index contributed by atoms with van der Waals surface area (Å²) in [7, 11) is 0. The zero-order chi connectivity index (χ0) is 45.4. The van der Waals surface area contributed by atoms with E-state index in [1.54, 1.807) is 5.56 Å². The number of aryl methyl sites for hydroxylation is 4. The van der Waals surface area contributed by atoms with Crippen molar-refractivity contribution >= 4 is 22.0 Å². The molecule has 0 amide bonds. The summed E-state index contributed by atoms with van der Waals surface area (Å²) in [6, 6.07) is 31.6. The van der Waals surface area contributed by atoms with Crippen molar-refractivity contribution in [2.75, 3.05) is 4.90 Å². The Morgan fingerprint density at radius 1 is 0.651 bits per heavy atom. The SMILES string of the molecule is C/C=C(C)\C(=C/C1=CC(C)(C)CCC1(C)C)N1/C(C)=C(/c2cc3c(cc2CCCC)C(C)(C)CCC3(C)C)c2cc3ccccc3cc2-c2cc(-c3c(C)cc(C)cc3C)cc1c2. The summed E-state index contributed by atoms with van der Waals surface area (Å²) < 4.78 is 0. The van der Waals surface area contributed by atoms with E-state index >= 15 is 0 Å². The highest BCUT2D eigenvalue weighted by Crippen LogP contribution is 2.52. The van der Waals surface area contributed by atoms with Crippen LogP contribution in [0.15, 0.2) is 120 Å². The Bertz CT molecular complexity index is 2740. The van der Waals surface area contributed by atoms with E-state index in [0.717, 1.165) is 19.3 Å². The number of anilines is 1. The lowest BCUT2D eigenvalue weighted by Gasteiger charge is -2.43. The van der Waals surface area contributed by atoms with Gasteiger partial charge in [0, 0.05) is 22.7 Å². The molecule has 8 rings (SSSR count). The summed E-state index contributed by atoms with van der Waals surface area (Å²) in [6.07, 6.45) is 15.6. The Morgan fingerprint density at radius 3 is 1.86 bits per heavy atom. The van der Waals surface area contributed by atoms with Crippen molar-refractivity contribution in [3.63, 3.8) is 0 Å². The highest BCUT2D eigenvalue weighted by molar-refractivity contribution is 6.02. The standard InChI is InChI=1S/C62H75N/c1-16-18-21-46-35-54-55(62(14,15)27-26-61(54,12)13)37-52(46)58-43(7)63(56(40(4)17-2)36-49-38-59(8,9)24-25-60(49,10)11)50-31-47(51-33-44-22-19-20-23-45(44)34-53(51)58)30-48(32-50)57-41(5)28-39(3)29-42(57)6/h17,19-20,22-23,28-38H,16,18,21,24-27H2,1-15H3/b40-17-,56-36+,58-43-. The molecule has 2 aliphatic carbocycles. The fraction of sp³-hybridized carbons (Fsp3) is 0.419. The Balaban J connectivity index is 1.57. The van der Waals surface area contributed by atoms with Gasteiger partial charge in [-0.15, -0.1) is 0 Å². The van der Waals surface area contributed by atoms with Crippen LogP contribution < -0.4 is 4.90 Å². The van der Waals surface area contributed by atoms with Crippen LogP contribution in [-0.2, 0) is 17.3 Å². The van der Waals surface area contributed by atoms with Crippen LogP contribution in [0, 0.1) is 31.6 Å². The summed E-state index contributed by atoms with van der Waals surface area (Å²) in [5, 5.41) is 2.56. The second-order valence-corrected chi connectivity index (χ2v) is 22.5. The maximum Gasteiger partial charge on any atom is 0.0487 e. The van der Waals surface area contributed by atoms with E-state index in [-0.39, 0.29) is 21.7 Å². The average molecular weight is 834 g/mol. The largest absolute Gasteiger partial charge is 0.314 e. The molecule has 5 aromatic carbocycles. The number of hydrogen-bond acceptors (Lipinski definition) is 1. The number of unbranched alkanes of at least 4 members (excludes halogenated alkanes) is 1. The Hall–Kier alpha value is -4.88. The van der Waals surface area contributed by atoms with Crippen LogP contribution in [-0.4, -0.2) is 0 Å². The first-order chi connectivity index (χ1) is 29.6. The second-order valence-electron chi connectivity index (χ2n) is 22.5. The number of hydrogen-bond donors (Lipinski definition) is 0.